The Morgan fingerprint density at radius 1 is 1.71 bits per heavy atom. The van der Waals surface area contributed by atoms with Gasteiger partial charge in [-0.15, -0.1) is 0 Å². The molecule has 1 saturated heterocycles. The smallest absolute Gasteiger partial charge is 0.405 e. The summed E-state index contributed by atoms with van der Waals surface area (Å²) in [6.07, 6.45) is 1.94. The zero-order chi connectivity index (χ0) is 5.11. The molecule has 3 heteroatoms. The average Bonchev–Trinajstić information content (AvgIpc) is 2.42. The quantitative estimate of drug-likeness (QED) is 0.252. The van der Waals surface area contributed by atoms with Crippen LogP contribution in [0.15, 0.2) is 0 Å². The molecule has 0 unspecified atom stereocenters. The van der Waals surface area contributed by atoms with E-state index in [0.29, 0.717) is 0 Å². The second-order valence-electron chi connectivity index (χ2n) is 1.56. The molecule has 0 spiro atoms. The second-order valence-corrected chi connectivity index (χ2v) is 1.56. The molecule has 37 valence electrons. The summed E-state index contributed by atoms with van der Waals surface area (Å²) in [6, 6.07) is 0. The molecular formula is C4H8BNO+. The molecule has 0 aromatic carbocycles. The van der Waals surface area contributed by atoms with Gasteiger partial charge in [0.15, 0.2) is 13.1 Å². The van der Waals surface area contributed by atoms with Crippen LogP contribution in [0, 0.1) is 0 Å². The first-order valence-electron chi connectivity index (χ1n) is 2.37. The van der Waals surface area contributed by atoms with Gasteiger partial charge >= 0.3 is 7.48 Å². The summed E-state index contributed by atoms with van der Waals surface area (Å²) in [5.41, 5.74) is 0. The van der Waals surface area contributed by atoms with Gasteiger partial charge in [-0.25, -0.2) is 4.58 Å². The van der Waals surface area contributed by atoms with Crippen molar-refractivity contribution in [1.29, 1.82) is 0 Å². The molecule has 7 heavy (non-hydrogen) atoms. The maximum atomic E-state index is 4.67. The molecule has 1 aliphatic heterocycles. The third-order valence-corrected chi connectivity index (χ3v) is 0.890. The summed E-state index contributed by atoms with van der Waals surface area (Å²) in [6.45, 7) is 2.39. The molecule has 0 aliphatic carbocycles. The van der Waals surface area contributed by atoms with Gasteiger partial charge in [0.05, 0.1) is 0 Å². The van der Waals surface area contributed by atoms with E-state index in [1.807, 2.05) is 6.11 Å². The number of hydrogen-bond acceptors (Lipinski definition) is 1. The molecule has 0 atom stereocenters. The Morgan fingerprint density at radius 3 is 2.86 bits per heavy atom. The van der Waals surface area contributed by atoms with Gasteiger partial charge in [0.1, 0.15) is 6.11 Å². The van der Waals surface area contributed by atoms with Crippen LogP contribution in [0.5, 0.6) is 0 Å². The number of nitrogens with zero attached hydrogens (tertiary/aromatic N) is 1. The molecule has 0 bridgehead atoms. The van der Waals surface area contributed by atoms with Crippen molar-refractivity contribution in [3.63, 3.8) is 0 Å². The van der Waals surface area contributed by atoms with Crippen LogP contribution in [-0.4, -0.2) is 38.4 Å². The van der Waals surface area contributed by atoms with Crippen LogP contribution < -0.4 is 0 Å². The highest BCUT2D eigenvalue weighted by Crippen LogP contribution is 1.87. The van der Waals surface area contributed by atoms with Crippen LogP contribution in [0.1, 0.15) is 0 Å². The molecule has 1 heterocycles. The van der Waals surface area contributed by atoms with Gasteiger partial charge in [0.2, 0.25) is 0 Å². The third-order valence-electron chi connectivity index (χ3n) is 0.890. The maximum Gasteiger partial charge on any atom is 0.405 e. The van der Waals surface area contributed by atoms with E-state index in [-0.39, 0.29) is 0 Å². The van der Waals surface area contributed by atoms with Gasteiger partial charge in [-0.1, -0.05) is 0 Å². The van der Waals surface area contributed by atoms with Crippen molar-refractivity contribution in [2.75, 3.05) is 20.2 Å². The molecule has 0 saturated carbocycles. The van der Waals surface area contributed by atoms with E-state index in [1.54, 1.807) is 14.6 Å². The first-order valence-corrected chi connectivity index (χ1v) is 2.37. The molecule has 0 aromatic heterocycles. The molecule has 1 fully saturated rings. The second kappa shape index (κ2) is 2.12. The molecule has 0 N–H and O–H groups in total. The lowest BCUT2D eigenvalue weighted by atomic mass is 10.1. The largest absolute Gasteiger partial charge is 0.433 e. The van der Waals surface area contributed by atoms with Crippen molar-refractivity contribution >= 4 is 13.6 Å². The first-order chi connectivity index (χ1) is 3.43. The van der Waals surface area contributed by atoms with Gasteiger partial charge in [-0.05, 0) is 0 Å². The van der Waals surface area contributed by atoms with E-state index in [0.717, 1.165) is 0 Å². The van der Waals surface area contributed by atoms with E-state index >= 15 is 0 Å². The van der Waals surface area contributed by atoms with Crippen molar-refractivity contribution in [3.8, 4) is 0 Å². The maximum absolute atomic E-state index is 4.67. The lowest BCUT2D eigenvalue weighted by molar-refractivity contribution is -0.327. The predicted octanol–water partition coefficient (Wildman–Crippen LogP) is -0.694. The fraction of sp³-hybridized carbons (Fsp3) is 0.750. The van der Waals surface area contributed by atoms with Crippen molar-refractivity contribution < 1.29 is 9.23 Å². The third kappa shape index (κ3) is 1.73. The van der Waals surface area contributed by atoms with Gasteiger partial charge in [-0.2, -0.15) is 0 Å². The van der Waals surface area contributed by atoms with Gasteiger partial charge in [-0.3, -0.25) is 0 Å². The summed E-state index contributed by atoms with van der Waals surface area (Å²) in [4.78, 5) is 0. The summed E-state index contributed by atoms with van der Waals surface area (Å²) in [5, 5.41) is 0. The topological polar surface area (TPSA) is 12.2 Å². The molecule has 1 aliphatic rings. The zero-order valence-corrected chi connectivity index (χ0v) is 4.42. The minimum Gasteiger partial charge on any atom is -0.433 e. The molecule has 1 radical (unpaired) electrons. The predicted molar refractivity (Wildman–Crippen MR) is 28.8 cm³/mol. The van der Waals surface area contributed by atoms with Crippen LogP contribution in [0.4, 0.5) is 0 Å². The van der Waals surface area contributed by atoms with Gasteiger partial charge in [0, 0.05) is 7.11 Å². The van der Waals surface area contributed by atoms with Crippen molar-refractivity contribution in [2.45, 2.75) is 0 Å². The lowest BCUT2D eigenvalue weighted by Crippen LogP contribution is -1.98. The summed E-state index contributed by atoms with van der Waals surface area (Å²) >= 11 is 0. The minimum absolute atomic E-state index is 1.19. The van der Waals surface area contributed by atoms with Crippen LogP contribution in [0.3, 0.4) is 0 Å². The Bertz CT molecular complexity index is 85.7. The van der Waals surface area contributed by atoms with E-state index in [2.05, 4.69) is 9.23 Å². The number of rotatable bonds is 2. The Balaban J connectivity index is 2.07. The average molecular weight is 96.9 g/mol. The Hall–Kier alpha value is -0.305. The van der Waals surface area contributed by atoms with Crippen molar-refractivity contribution in [2.24, 2.45) is 0 Å². The van der Waals surface area contributed by atoms with Crippen molar-refractivity contribution in [3.05, 3.63) is 0 Å². The molecule has 0 amide bonds. The highest BCUT2D eigenvalue weighted by atomic mass is 16.4. The minimum atomic E-state index is 1.19. The van der Waals surface area contributed by atoms with E-state index < -0.39 is 0 Å². The van der Waals surface area contributed by atoms with Gasteiger partial charge in [0.25, 0.3) is 0 Å². The van der Waals surface area contributed by atoms with Crippen LogP contribution >= 0.6 is 0 Å². The highest BCUT2D eigenvalue weighted by Gasteiger charge is 2.19. The van der Waals surface area contributed by atoms with Crippen LogP contribution in [0.2, 0.25) is 0 Å². The van der Waals surface area contributed by atoms with E-state index in [9.17, 15) is 0 Å². The zero-order valence-electron chi connectivity index (χ0n) is 4.42. The molecular weight excluding hydrogens is 88.9 g/mol. The summed E-state index contributed by atoms with van der Waals surface area (Å²) in [7, 11) is 3.34. The standard InChI is InChI=1S/C4H8BNO/c1-7-5-4-6-2-3-6/h4H,2-3H2,1H3/q+1. The lowest BCUT2D eigenvalue weighted by Gasteiger charge is -1.74. The first kappa shape index (κ1) is 4.84. The normalized spacial score (nSPS) is 16.4. The summed E-state index contributed by atoms with van der Waals surface area (Å²) in [5.74, 6) is 0. The monoisotopic (exact) mass is 97.1 g/mol. The molecule has 0 aromatic rings. The van der Waals surface area contributed by atoms with Crippen molar-refractivity contribution in [1.82, 2.24) is 0 Å². The van der Waals surface area contributed by atoms with Crippen LogP contribution in [-0.2, 0) is 4.65 Å². The van der Waals surface area contributed by atoms with E-state index in [1.165, 1.54) is 13.1 Å². The molecule has 1 rings (SSSR count). The van der Waals surface area contributed by atoms with Crippen LogP contribution in [0.25, 0.3) is 0 Å². The summed E-state index contributed by atoms with van der Waals surface area (Å²) < 4.78 is 6.83. The number of hydrogen-bond donors (Lipinski definition) is 0. The van der Waals surface area contributed by atoms with E-state index in [4.69, 9.17) is 0 Å². The molecule has 2 nitrogen and oxygen atoms in total. The SMILES string of the molecule is CO[B]C=[N+]1CC1. The Kier molecular flexibility index (Phi) is 1.47. The fourth-order valence-corrected chi connectivity index (χ4v) is 0.354. The highest BCUT2D eigenvalue weighted by molar-refractivity contribution is 6.61. The Morgan fingerprint density at radius 2 is 2.43 bits per heavy atom. The van der Waals surface area contributed by atoms with Gasteiger partial charge < -0.3 is 4.65 Å². The Labute approximate surface area is 44.1 Å². The fourth-order valence-electron chi connectivity index (χ4n) is 0.354.